The van der Waals surface area contributed by atoms with Crippen molar-refractivity contribution in [2.24, 2.45) is 21.6 Å². The van der Waals surface area contributed by atoms with Gasteiger partial charge >= 0.3 is 0 Å². The number of methoxy groups -OCH3 is 2. The van der Waals surface area contributed by atoms with Crippen molar-refractivity contribution in [3.63, 3.8) is 0 Å². The van der Waals surface area contributed by atoms with Gasteiger partial charge in [0.05, 0.1) is 12.1 Å². The van der Waals surface area contributed by atoms with Crippen molar-refractivity contribution in [2.75, 3.05) is 14.2 Å². The van der Waals surface area contributed by atoms with Crippen LogP contribution in [0.5, 0.6) is 0 Å². The summed E-state index contributed by atoms with van der Waals surface area (Å²) < 4.78 is 10.8. The molecule has 0 amide bonds. The molecule has 0 radical (unpaired) electrons. The predicted molar refractivity (Wildman–Crippen MR) is 83.7 cm³/mol. The van der Waals surface area contributed by atoms with E-state index in [4.69, 9.17) is 38.4 Å². The molecule has 1 aromatic rings. The Hall–Kier alpha value is -1.83. The molecule has 0 spiro atoms. The highest BCUT2D eigenvalue weighted by molar-refractivity contribution is 6.36. The fraction of sp³-hybridized carbons (Fsp3) is 0.400. The van der Waals surface area contributed by atoms with Gasteiger partial charge in [0.2, 0.25) is 0 Å². The van der Waals surface area contributed by atoms with E-state index in [0.29, 0.717) is 15.6 Å². The number of amidine groups is 1. The zero-order chi connectivity index (χ0) is 17.0. The Bertz CT molecular complexity index is 788. The van der Waals surface area contributed by atoms with Gasteiger partial charge in [-0.05, 0) is 17.7 Å². The van der Waals surface area contributed by atoms with E-state index >= 15 is 0 Å². The van der Waals surface area contributed by atoms with Crippen LogP contribution in [-0.2, 0) is 9.47 Å². The number of fused-ring (bicyclic) bond motifs is 1. The van der Waals surface area contributed by atoms with Crippen LogP contribution in [0.3, 0.4) is 0 Å². The molecule has 1 aliphatic heterocycles. The first kappa shape index (κ1) is 16.0. The van der Waals surface area contributed by atoms with E-state index in [0.717, 1.165) is 0 Å². The Morgan fingerprint density at radius 3 is 2.17 bits per heavy atom. The van der Waals surface area contributed by atoms with Crippen LogP contribution in [0.25, 0.3) is 0 Å². The molecule has 3 rings (SSSR count). The van der Waals surface area contributed by atoms with Gasteiger partial charge in [0.25, 0.3) is 5.91 Å². The topological polar surface area (TPSA) is 104 Å². The average molecular weight is 351 g/mol. The van der Waals surface area contributed by atoms with E-state index in [1.165, 1.54) is 14.2 Å². The summed E-state index contributed by atoms with van der Waals surface area (Å²) in [6.07, 6.45) is 0. The van der Waals surface area contributed by atoms with Crippen LogP contribution < -0.4 is 5.73 Å². The summed E-state index contributed by atoms with van der Waals surface area (Å²) in [4.78, 5) is 4.13. The van der Waals surface area contributed by atoms with Crippen LogP contribution in [0, 0.1) is 33.5 Å². The number of nitrogens with two attached hydrogens (primary N) is 1. The Morgan fingerprint density at radius 2 is 1.74 bits per heavy atom. The summed E-state index contributed by atoms with van der Waals surface area (Å²) in [6.45, 7) is 0. The third-order valence-electron chi connectivity index (χ3n) is 4.77. The lowest BCUT2D eigenvalue weighted by atomic mass is 9.93. The largest absolute Gasteiger partial charge is 0.386 e. The third kappa shape index (κ3) is 1.48. The molecule has 8 heteroatoms. The molecule has 1 aliphatic carbocycles. The maximum Gasteiger partial charge on any atom is 0.292 e. The van der Waals surface area contributed by atoms with Crippen LogP contribution in [0.2, 0.25) is 10.0 Å². The molecule has 1 aromatic carbocycles. The average Bonchev–Trinajstić information content (AvgIpc) is 3.09. The highest BCUT2D eigenvalue weighted by atomic mass is 35.5. The second kappa shape index (κ2) is 4.83. The van der Waals surface area contributed by atoms with Crippen LogP contribution in [0.4, 0.5) is 0 Å². The molecular formula is C15H12Cl2N4O2. The van der Waals surface area contributed by atoms with Gasteiger partial charge in [0, 0.05) is 30.2 Å². The van der Waals surface area contributed by atoms with Crippen molar-refractivity contribution in [3.8, 4) is 12.1 Å². The number of hydrogen-bond donors (Lipinski definition) is 1. The normalized spacial score (nSPS) is 33.3. The number of aliphatic imine (C=N–C) groups is 1. The summed E-state index contributed by atoms with van der Waals surface area (Å²) in [5.74, 6) is -2.41. The molecule has 2 N–H and O–H groups in total. The number of nitriles is 2. The van der Waals surface area contributed by atoms with Crippen LogP contribution in [0.1, 0.15) is 11.5 Å². The first-order valence-electron chi connectivity index (χ1n) is 6.65. The smallest absolute Gasteiger partial charge is 0.292 e. The number of benzene rings is 1. The standard InChI is InChI=1S/C15H12Cl2N4O2/c1-22-15(23-2)14(7-19)11(13(14,6-18)12(20)21-15)10-8(16)4-3-5-9(10)17/h3-5,11H,1-2H3,(H2,20,21). The molecule has 3 unspecified atom stereocenters. The Kier molecular flexibility index (Phi) is 3.37. The van der Waals surface area contributed by atoms with Gasteiger partial charge in [0.1, 0.15) is 11.3 Å². The molecule has 0 saturated heterocycles. The van der Waals surface area contributed by atoms with Crippen LogP contribution in [-0.4, -0.2) is 26.0 Å². The van der Waals surface area contributed by atoms with E-state index in [-0.39, 0.29) is 5.84 Å². The van der Waals surface area contributed by atoms with Crippen molar-refractivity contribution >= 4 is 29.0 Å². The molecule has 0 aromatic heterocycles. The van der Waals surface area contributed by atoms with Crippen molar-refractivity contribution < 1.29 is 9.47 Å². The Balaban J connectivity index is 2.33. The fourth-order valence-corrected chi connectivity index (χ4v) is 4.36. The minimum Gasteiger partial charge on any atom is -0.386 e. The fourth-order valence-electron chi connectivity index (χ4n) is 3.74. The van der Waals surface area contributed by atoms with E-state index in [1.54, 1.807) is 18.2 Å². The van der Waals surface area contributed by atoms with Gasteiger partial charge in [-0.15, -0.1) is 0 Å². The maximum absolute atomic E-state index is 9.92. The number of rotatable bonds is 3. The van der Waals surface area contributed by atoms with Gasteiger partial charge in [-0.25, -0.2) is 4.99 Å². The minimum atomic E-state index is -1.69. The summed E-state index contributed by atoms with van der Waals surface area (Å²) in [7, 11) is 2.69. The van der Waals surface area contributed by atoms with E-state index in [2.05, 4.69) is 17.1 Å². The molecule has 3 atom stereocenters. The first-order valence-corrected chi connectivity index (χ1v) is 7.40. The molecule has 1 heterocycles. The summed E-state index contributed by atoms with van der Waals surface area (Å²) in [5, 5.41) is 20.4. The number of halogens is 2. The Labute approximate surface area is 143 Å². The molecule has 1 saturated carbocycles. The highest BCUT2D eigenvalue weighted by Gasteiger charge is 2.94. The SMILES string of the molecule is COC1(OC)N=C(N)C2(C#N)C(c3c(Cl)cccc3Cl)C12C#N. The van der Waals surface area contributed by atoms with Crippen LogP contribution in [0.15, 0.2) is 23.2 Å². The summed E-state index contributed by atoms with van der Waals surface area (Å²) >= 11 is 12.6. The highest BCUT2D eigenvalue weighted by Crippen LogP contribution is 2.82. The van der Waals surface area contributed by atoms with Crippen LogP contribution >= 0.6 is 23.2 Å². The third-order valence-corrected chi connectivity index (χ3v) is 5.43. The van der Waals surface area contributed by atoms with Gasteiger partial charge in [-0.1, -0.05) is 29.3 Å². The minimum absolute atomic E-state index is 0.0220. The molecular weight excluding hydrogens is 339 g/mol. The molecule has 0 bridgehead atoms. The predicted octanol–water partition coefficient (Wildman–Crippen LogP) is 2.43. The van der Waals surface area contributed by atoms with Gasteiger partial charge < -0.3 is 15.2 Å². The molecule has 1 fully saturated rings. The van der Waals surface area contributed by atoms with Crippen molar-refractivity contribution in [1.29, 1.82) is 10.5 Å². The lowest BCUT2D eigenvalue weighted by Crippen LogP contribution is -2.41. The quantitative estimate of drug-likeness (QED) is 0.842. The summed E-state index contributed by atoms with van der Waals surface area (Å²) in [6, 6.07) is 9.24. The maximum atomic E-state index is 9.92. The lowest BCUT2D eigenvalue weighted by molar-refractivity contribution is -0.230. The van der Waals surface area contributed by atoms with E-state index < -0.39 is 22.7 Å². The second-order valence-corrected chi connectivity index (χ2v) is 6.21. The van der Waals surface area contributed by atoms with E-state index in [1.807, 2.05) is 0 Å². The zero-order valence-corrected chi connectivity index (χ0v) is 13.8. The zero-order valence-electron chi connectivity index (χ0n) is 12.3. The number of hydrogen-bond acceptors (Lipinski definition) is 6. The first-order chi connectivity index (χ1) is 10.9. The molecule has 23 heavy (non-hydrogen) atoms. The monoisotopic (exact) mass is 350 g/mol. The number of nitrogens with zero attached hydrogens (tertiary/aromatic N) is 3. The molecule has 6 nitrogen and oxygen atoms in total. The summed E-state index contributed by atoms with van der Waals surface area (Å²) in [5.41, 5.74) is 3.62. The number of ether oxygens (including phenoxy) is 2. The van der Waals surface area contributed by atoms with Crippen molar-refractivity contribution in [2.45, 2.75) is 11.8 Å². The van der Waals surface area contributed by atoms with Crippen molar-refractivity contribution in [3.05, 3.63) is 33.8 Å². The second-order valence-electron chi connectivity index (χ2n) is 5.40. The van der Waals surface area contributed by atoms with Gasteiger partial charge in [-0.3, -0.25) is 0 Å². The van der Waals surface area contributed by atoms with Crippen molar-refractivity contribution in [1.82, 2.24) is 0 Å². The molecule has 118 valence electrons. The van der Waals surface area contributed by atoms with Gasteiger partial charge in [-0.2, -0.15) is 10.5 Å². The molecule has 2 aliphatic rings. The lowest BCUT2D eigenvalue weighted by Gasteiger charge is -2.29. The van der Waals surface area contributed by atoms with Gasteiger partial charge in [0.15, 0.2) is 5.41 Å². The van der Waals surface area contributed by atoms with E-state index in [9.17, 15) is 10.5 Å². The Morgan fingerprint density at radius 1 is 1.17 bits per heavy atom.